The van der Waals surface area contributed by atoms with Crippen molar-refractivity contribution in [3.8, 4) is 5.75 Å². The Labute approximate surface area is 223 Å². The van der Waals surface area contributed by atoms with Crippen molar-refractivity contribution in [2.45, 2.75) is 46.3 Å². The summed E-state index contributed by atoms with van der Waals surface area (Å²) in [6.07, 6.45) is 7.76. The summed E-state index contributed by atoms with van der Waals surface area (Å²) in [5.74, 6) is 0.403. The molecule has 1 fully saturated rings. The summed E-state index contributed by atoms with van der Waals surface area (Å²) in [5, 5.41) is 3.19. The van der Waals surface area contributed by atoms with Gasteiger partial charge < -0.3 is 14.8 Å². The largest absolute Gasteiger partial charge is 0.495 e. The predicted molar refractivity (Wildman–Crippen MR) is 151 cm³/mol. The third-order valence-electron chi connectivity index (χ3n) is 5.69. The normalized spacial score (nSPS) is 15.6. The molecular formula is C28H36N6O4. The molecule has 10 heteroatoms. The number of hydrogen-bond acceptors (Lipinski definition) is 8. The zero-order valence-corrected chi connectivity index (χ0v) is 22.4. The van der Waals surface area contributed by atoms with Crippen molar-refractivity contribution in [1.82, 2.24) is 14.9 Å². The van der Waals surface area contributed by atoms with Gasteiger partial charge in [-0.05, 0) is 69.0 Å². The topological polar surface area (TPSA) is 111 Å². The summed E-state index contributed by atoms with van der Waals surface area (Å²) < 4.78 is 12.7. The van der Waals surface area contributed by atoms with Crippen molar-refractivity contribution in [3.05, 3.63) is 65.6 Å². The second kappa shape index (κ2) is 14.7. The zero-order valence-electron chi connectivity index (χ0n) is 22.4. The van der Waals surface area contributed by atoms with Gasteiger partial charge in [-0.25, -0.2) is 15.3 Å². The number of carbonyl (C=O) groups is 1. The van der Waals surface area contributed by atoms with Crippen molar-refractivity contribution in [3.63, 3.8) is 0 Å². The number of imidazole rings is 1. The summed E-state index contributed by atoms with van der Waals surface area (Å²) in [5.41, 5.74) is 6.87. The van der Waals surface area contributed by atoms with Gasteiger partial charge in [-0.15, -0.1) is 0 Å². The Bertz CT molecular complexity index is 1260. The number of anilines is 1. The smallest absolute Gasteiger partial charge is 0.274 e. The highest BCUT2D eigenvalue weighted by molar-refractivity contribution is 5.93. The van der Waals surface area contributed by atoms with Crippen molar-refractivity contribution < 1.29 is 19.1 Å². The monoisotopic (exact) mass is 520 g/mol. The van der Waals surface area contributed by atoms with Crippen LogP contribution < -0.4 is 15.5 Å². The molecular weight excluding hydrogens is 484 g/mol. The lowest BCUT2D eigenvalue weighted by atomic mass is 10.2. The molecule has 1 atom stereocenters. The molecule has 1 amide bonds. The number of rotatable bonds is 10. The molecule has 1 saturated heterocycles. The molecule has 3 aromatic rings. The van der Waals surface area contributed by atoms with E-state index < -0.39 is 0 Å². The fourth-order valence-corrected chi connectivity index (χ4v) is 3.81. The number of hydroxylamine groups is 1. The molecule has 202 valence electrons. The van der Waals surface area contributed by atoms with E-state index in [1.165, 1.54) is 0 Å². The lowest BCUT2D eigenvalue weighted by molar-refractivity contribution is -0.186. The van der Waals surface area contributed by atoms with Crippen molar-refractivity contribution >= 4 is 35.9 Å². The van der Waals surface area contributed by atoms with Crippen LogP contribution in [0.25, 0.3) is 11.3 Å². The maximum absolute atomic E-state index is 12.3. The molecule has 38 heavy (non-hydrogen) atoms. The highest BCUT2D eigenvalue weighted by Gasteiger charge is 2.16. The lowest BCUT2D eigenvalue weighted by Gasteiger charge is -2.22. The van der Waals surface area contributed by atoms with Crippen LogP contribution in [0, 0.1) is 6.92 Å². The number of aryl methyl sites for hydroxylation is 1. The number of methoxy groups -OCH3 is 1. The Hall–Kier alpha value is -4.02. The second-order valence-corrected chi connectivity index (χ2v) is 8.14. The SMILES string of the molecule is C=N/C(=C\C=N/CNc1ccc(C(=O)NOC2CCCCO2)cc1)c1c(C)nc2ccc(OC)cn12.CC. The molecule has 2 N–H and O–H groups in total. The third kappa shape index (κ3) is 7.50. The van der Waals surface area contributed by atoms with Gasteiger partial charge in [0, 0.05) is 30.5 Å². The Morgan fingerprint density at radius 2 is 2.03 bits per heavy atom. The standard InChI is InChI=1S/C26H30N6O4.C2H6/c1-18-25(32-16-21(34-3)11-12-23(32)30-18)22(27-2)13-14-28-17-29-20-9-7-19(8-10-20)26(33)31-36-24-6-4-5-15-35-24;1-2/h7-14,16,24,29H,2,4-6,15,17H2,1,3H3,(H,31,33);1-2H3/b22-13-,28-14-;. The quantitative estimate of drug-likeness (QED) is 0.286. The molecule has 2 aromatic heterocycles. The number of amides is 1. The molecule has 0 bridgehead atoms. The number of nitrogens with zero attached hydrogens (tertiary/aromatic N) is 4. The molecule has 0 aliphatic carbocycles. The minimum atomic E-state index is -0.383. The van der Waals surface area contributed by atoms with Crippen LogP contribution in [0.5, 0.6) is 5.75 Å². The maximum atomic E-state index is 12.3. The van der Waals surface area contributed by atoms with Crippen LogP contribution in [-0.4, -0.2) is 54.9 Å². The summed E-state index contributed by atoms with van der Waals surface area (Å²) in [6.45, 7) is 10.6. The fraction of sp³-hybridized carbons (Fsp3) is 0.357. The first-order chi connectivity index (χ1) is 18.6. The van der Waals surface area contributed by atoms with Gasteiger partial charge >= 0.3 is 0 Å². The van der Waals surface area contributed by atoms with Gasteiger partial charge in [0.05, 0.1) is 30.4 Å². The molecule has 0 saturated carbocycles. The number of aromatic nitrogens is 2. The average Bonchev–Trinajstić information content (AvgIpc) is 3.30. The number of allylic oxidation sites excluding steroid dienone is 1. The van der Waals surface area contributed by atoms with Crippen molar-refractivity contribution in [2.75, 3.05) is 25.7 Å². The average molecular weight is 521 g/mol. The fourth-order valence-electron chi connectivity index (χ4n) is 3.81. The summed E-state index contributed by atoms with van der Waals surface area (Å²) in [7, 11) is 1.62. The van der Waals surface area contributed by atoms with E-state index in [0.717, 1.165) is 47.7 Å². The van der Waals surface area contributed by atoms with Gasteiger partial charge in [0.15, 0.2) is 6.29 Å². The first-order valence-corrected chi connectivity index (χ1v) is 12.7. The van der Waals surface area contributed by atoms with Crippen molar-refractivity contribution in [2.24, 2.45) is 9.98 Å². The Kier molecular flexibility index (Phi) is 11.0. The molecule has 3 heterocycles. The summed E-state index contributed by atoms with van der Waals surface area (Å²) >= 11 is 0. The maximum Gasteiger partial charge on any atom is 0.274 e. The Balaban J connectivity index is 0.00000195. The van der Waals surface area contributed by atoms with E-state index in [0.29, 0.717) is 24.5 Å². The second-order valence-electron chi connectivity index (χ2n) is 8.14. The molecule has 4 rings (SSSR count). The summed E-state index contributed by atoms with van der Waals surface area (Å²) in [6, 6.07) is 10.8. The van der Waals surface area contributed by atoms with E-state index in [2.05, 4.69) is 32.5 Å². The number of ether oxygens (including phenoxy) is 2. The molecule has 10 nitrogen and oxygen atoms in total. The number of carbonyl (C=O) groups excluding carboxylic acids is 1. The van der Waals surface area contributed by atoms with Gasteiger partial charge in [0.2, 0.25) is 0 Å². The van der Waals surface area contributed by atoms with E-state index in [-0.39, 0.29) is 12.2 Å². The number of fused-ring (bicyclic) bond motifs is 1. The van der Waals surface area contributed by atoms with Crippen LogP contribution in [0.4, 0.5) is 5.69 Å². The van der Waals surface area contributed by atoms with E-state index >= 15 is 0 Å². The molecule has 0 radical (unpaired) electrons. The highest BCUT2D eigenvalue weighted by Crippen LogP contribution is 2.23. The molecule has 0 spiro atoms. The van der Waals surface area contributed by atoms with E-state index in [9.17, 15) is 4.79 Å². The van der Waals surface area contributed by atoms with Gasteiger partial charge in [0.25, 0.3) is 5.91 Å². The van der Waals surface area contributed by atoms with Crippen LogP contribution in [0.15, 0.2) is 58.7 Å². The first kappa shape index (κ1) is 28.5. The van der Waals surface area contributed by atoms with Crippen LogP contribution in [0.2, 0.25) is 0 Å². The van der Waals surface area contributed by atoms with Crippen LogP contribution >= 0.6 is 0 Å². The number of aliphatic imine (C=N–C) groups is 2. The van der Waals surface area contributed by atoms with Crippen LogP contribution in [-0.2, 0) is 9.57 Å². The first-order valence-electron chi connectivity index (χ1n) is 12.7. The highest BCUT2D eigenvalue weighted by atomic mass is 16.8. The lowest BCUT2D eigenvalue weighted by Crippen LogP contribution is -2.33. The van der Waals surface area contributed by atoms with Crippen LogP contribution in [0.3, 0.4) is 0 Å². The number of pyridine rings is 1. The molecule has 1 unspecified atom stereocenters. The van der Waals surface area contributed by atoms with Gasteiger partial charge in [-0.2, -0.15) is 0 Å². The van der Waals surface area contributed by atoms with E-state index in [1.807, 2.05) is 55.6 Å². The summed E-state index contributed by atoms with van der Waals surface area (Å²) in [4.78, 5) is 30.7. The molecule has 1 aliphatic rings. The van der Waals surface area contributed by atoms with Gasteiger partial charge in [-0.1, -0.05) is 13.8 Å². The molecule has 1 aromatic carbocycles. The van der Waals surface area contributed by atoms with Crippen LogP contribution in [0.1, 0.15) is 54.9 Å². The number of nitrogens with one attached hydrogen (secondary N) is 2. The zero-order chi connectivity index (χ0) is 27.3. The minimum absolute atomic E-state index is 0.316. The minimum Gasteiger partial charge on any atom is -0.495 e. The van der Waals surface area contributed by atoms with E-state index in [1.54, 1.807) is 31.5 Å². The Morgan fingerprint density at radius 1 is 1.24 bits per heavy atom. The van der Waals surface area contributed by atoms with E-state index in [4.69, 9.17) is 14.3 Å². The molecule has 1 aliphatic heterocycles. The van der Waals surface area contributed by atoms with Gasteiger partial charge in [0.1, 0.15) is 18.1 Å². The number of hydrogen-bond donors (Lipinski definition) is 2. The Morgan fingerprint density at radius 3 is 2.71 bits per heavy atom. The third-order valence-corrected chi connectivity index (χ3v) is 5.69. The van der Waals surface area contributed by atoms with Gasteiger partial charge in [-0.3, -0.25) is 19.2 Å². The van der Waals surface area contributed by atoms with Crippen molar-refractivity contribution in [1.29, 1.82) is 0 Å². The predicted octanol–water partition coefficient (Wildman–Crippen LogP) is 5.05. The number of benzene rings is 1.